The Morgan fingerprint density at radius 2 is 2.00 bits per heavy atom. The van der Waals surface area contributed by atoms with E-state index in [9.17, 15) is 9.59 Å². The number of pyridine rings is 1. The number of rotatable bonds is 4. The van der Waals surface area contributed by atoms with Gasteiger partial charge in [0, 0.05) is 24.4 Å². The van der Waals surface area contributed by atoms with Crippen molar-refractivity contribution >= 4 is 23.5 Å². The first-order valence-electron chi connectivity index (χ1n) is 6.20. The van der Waals surface area contributed by atoms with Crippen LogP contribution in [-0.4, -0.2) is 23.9 Å². The maximum absolute atomic E-state index is 12.0. The smallest absolute Gasteiger partial charge is 0.338 e. The van der Waals surface area contributed by atoms with Crippen LogP contribution in [0.1, 0.15) is 26.3 Å². The lowest BCUT2D eigenvalue weighted by atomic mass is 10.1. The first kappa shape index (κ1) is 15.0. The molecular weight excluding hydrogens is 292 g/mol. The van der Waals surface area contributed by atoms with Crippen molar-refractivity contribution < 1.29 is 14.3 Å². The molecule has 1 amide bonds. The molecule has 0 saturated carbocycles. The van der Waals surface area contributed by atoms with Crippen molar-refractivity contribution in [3.8, 4) is 0 Å². The SMILES string of the molecule is CNC(=O)c1cccc(C(=O)OCc2cccnc2Cl)c1. The summed E-state index contributed by atoms with van der Waals surface area (Å²) < 4.78 is 5.17. The quantitative estimate of drug-likeness (QED) is 0.696. The lowest BCUT2D eigenvalue weighted by Gasteiger charge is -2.07. The van der Waals surface area contributed by atoms with E-state index in [1.54, 1.807) is 36.5 Å². The van der Waals surface area contributed by atoms with E-state index in [1.165, 1.54) is 13.1 Å². The number of halogens is 1. The van der Waals surface area contributed by atoms with Crippen molar-refractivity contribution in [2.24, 2.45) is 0 Å². The number of aromatic nitrogens is 1. The molecular formula is C15H13ClN2O3. The van der Waals surface area contributed by atoms with E-state index < -0.39 is 5.97 Å². The number of esters is 1. The summed E-state index contributed by atoms with van der Waals surface area (Å²) in [5, 5.41) is 2.79. The lowest BCUT2D eigenvalue weighted by molar-refractivity contribution is 0.0472. The summed E-state index contributed by atoms with van der Waals surface area (Å²) in [5.41, 5.74) is 1.32. The molecule has 0 unspecified atom stereocenters. The molecule has 108 valence electrons. The third-order valence-electron chi connectivity index (χ3n) is 2.78. The standard InChI is InChI=1S/C15H13ClN2O3/c1-17-14(19)10-4-2-5-11(8-10)15(20)21-9-12-6-3-7-18-13(12)16/h2-8H,9H2,1H3,(H,17,19). The van der Waals surface area contributed by atoms with Crippen LogP contribution in [0.5, 0.6) is 0 Å². The molecule has 1 N–H and O–H groups in total. The molecule has 2 rings (SSSR count). The Bertz CT molecular complexity index is 673. The van der Waals surface area contributed by atoms with Crippen LogP contribution in [0.4, 0.5) is 0 Å². The molecule has 0 atom stereocenters. The second kappa shape index (κ2) is 6.85. The number of benzene rings is 1. The third kappa shape index (κ3) is 3.79. The maximum atomic E-state index is 12.0. The van der Waals surface area contributed by atoms with E-state index in [2.05, 4.69) is 10.3 Å². The molecule has 0 aliphatic rings. The van der Waals surface area contributed by atoms with Gasteiger partial charge in [-0.15, -0.1) is 0 Å². The van der Waals surface area contributed by atoms with Gasteiger partial charge in [0.05, 0.1) is 5.56 Å². The predicted molar refractivity (Wildman–Crippen MR) is 78.2 cm³/mol. The Morgan fingerprint density at radius 3 is 2.71 bits per heavy atom. The highest BCUT2D eigenvalue weighted by Crippen LogP contribution is 2.14. The summed E-state index contributed by atoms with van der Waals surface area (Å²) >= 11 is 5.88. The van der Waals surface area contributed by atoms with Gasteiger partial charge < -0.3 is 10.1 Å². The summed E-state index contributed by atoms with van der Waals surface area (Å²) in [7, 11) is 1.53. The van der Waals surface area contributed by atoms with Crippen LogP contribution >= 0.6 is 11.6 Å². The van der Waals surface area contributed by atoms with Gasteiger partial charge >= 0.3 is 5.97 Å². The van der Waals surface area contributed by atoms with Crippen LogP contribution in [0, 0.1) is 0 Å². The van der Waals surface area contributed by atoms with Gasteiger partial charge in [-0.3, -0.25) is 4.79 Å². The average Bonchev–Trinajstić information content (AvgIpc) is 2.53. The van der Waals surface area contributed by atoms with E-state index in [1.807, 2.05) is 0 Å². The lowest BCUT2D eigenvalue weighted by Crippen LogP contribution is -2.18. The summed E-state index contributed by atoms with van der Waals surface area (Å²) in [6, 6.07) is 9.74. The molecule has 5 nitrogen and oxygen atoms in total. The van der Waals surface area contributed by atoms with E-state index in [0.717, 1.165) is 0 Å². The summed E-state index contributed by atoms with van der Waals surface area (Å²) in [4.78, 5) is 27.4. The zero-order valence-corrected chi connectivity index (χ0v) is 12.1. The van der Waals surface area contributed by atoms with E-state index in [0.29, 0.717) is 21.8 Å². The highest BCUT2D eigenvalue weighted by Gasteiger charge is 2.11. The first-order valence-corrected chi connectivity index (χ1v) is 6.58. The molecule has 0 bridgehead atoms. The Hall–Kier alpha value is -2.40. The normalized spacial score (nSPS) is 10.0. The van der Waals surface area contributed by atoms with Gasteiger partial charge in [0.25, 0.3) is 5.91 Å². The molecule has 1 aromatic carbocycles. The predicted octanol–water partition coefficient (Wildman–Crippen LogP) is 2.45. The zero-order valence-electron chi connectivity index (χ0n) is 11.3. The fourth-order valence-corrected chi connectivity index (χ4v) is 1.86. The van der Waals surface area contributed by atoms with Crippen LogP contribution in [0.15, 0.2) is 42.6 Å². The fourth-order valence-electron chi connectivity index (χ4n) is 1.69. The Labute approximate surface area is 126 Å². The topological polar surface area (TPSA) is 68.3 Å². The van der Waals surface area contributed by atoms with Crippen molar-refractivity contribution in [1.29, 1.82) is 0 Å². The number of hydrogen-bond acceptors (Lipinski definition) is 4. The van der Waals surface area contributed by atoms with Crippen LogP contribution in [0.3, 0.4) is 0 Å². The second-order valence-electron chi connectivity index (χ2n) is 4.19. The van der Waals surface area contributed by atoms with Gasteiger partial charge in [-0.1, -0.05) is 23.7 Å². The molecule has 0 aliphatic heterocycles. The van der Waals surface area contributed by atoms with Crippen LogP contribution in [-0.2, 0) is 11.3 Å². The number of nitrogens with one attached hydrogen (secondary N) is 1. The minimum Gasteiger partial charge on any atom is -0.457 e. The van der Waals surface area contributed by atoms with E-state index >= 15 is 0 Å². The molecule has 1 aromatic heterocycles. The minimum absolute atomic E-state index is 0.0235. The Kier molecular flexibility index (Phi) is 4.90. The molecule has 0 spiro atoms. The molecule has 0 fully saturated rings. The van der Waals surface area contributed by atoms with Gasteiger partial charge in [0.2, 0.25) is 0 Å². The van der Waals surface area contributed by atoms with Gasteiger partial charge in [0.1, 0.15) is 11.8 Å². The number of hydrogen-bond donors (Lipinski definition) is 1. The number of carbonyl (C=O) groups excluding carboxylic acids is 2. The largest absolute Gasteiger partial charge is 0.457 e. The van der Waals surface area contributed by atoms with Crippen molar-refractivity contribution in [3.63, 3.8) is 0 Å². The first-order chi connectivity index (χ1) is 10.1. The van der Waals surface area contributed by atoms with Gasteiger partial charge in [-0.05, 0) is 24.3 Å². The molecule has 2 aromatic rings. The highest BCUT2D eigenvalue weighted by atomic mass is 35.5. The second-order valence-corrected chi connectivity index (χ2v) is 4.55. The van der Waals surface area contributed by atoms with E-state index in [4.69, 9.17) is 16.3 Å². The number of ether oxygens (including phenoxy) is 1. The molecule has 6 heteroatoms. The summed E-state index contributed by atoms with van der Waals surface area (Å²) in [5.74, 6) is -0.791. The van der Waals surface area contributed by atoms with Gasteiger partial charge in [0.15, 0.2) is 0 Å². The third-order valence-corrected chi connectivity index (χ3v) is 3.12. The zero-order chi connectivity index (χ0) is 15.2. The van der Waals surface area contributed by atoms with Crippen molar-refractivity contribution in [3.05, 3.63) is 64.4 Å². The van der Waals surface area contributed by atoms with Gasteiger partial charge in [-0.2, -0.15) is 0 Å². The molecule has 1 heterocycles. The minimum atomic E-state index is -0.527. The molecule has 0 saturated heterocycles. The fraction of sp³-hybridized carbons (Fsp3) is 0.133. The van der Waals surface area contributed by atoms with Crippen LogP contribution in [0.25, 0.3) is 0 Å². The van der Waals surface area contributed by atoms with Crippen molar-refractivity contribution in [1.82, 2.24) is 10.3 Å². The molecule has 0 aliphatic carbocycles. The molecule has 0 radical (unpaired) electrons. The van der Waals surface area contributed by atoms with E-state index in [-0.39, 0.29) is 12.5 Å². The monoisotopic (exact) mass is 304 g/mol. The maximum Gasteiger partial charge on any atom is 0.338 e. The summed E-state index contributed by atoms with van der Waals surface area (Å²) in [6.45, 7) is 0.0235. The van der Waals surface area contributed by atoms with Gasteiger partial charge in [-0.25, -0.2) is 9.78 Å². The van der Waals surface area contributed by atoms with Crippen LogP contribution < -0.4 is 5.32 Å². The summed E-state index contributed by atoms with van der Waals surface area (Å²) in [6.07, 6.45) is 1.56. The Balaban J connectivity index is 2.07. The highest BCUT2D eigenvalue weighted by molar-refractivity contribution is 6.30. The molecule has 21 heavy (non-hydrogen) atoms. The average molecular weight is 305 g/mol. The number of nitrogens with zero attached hydrogens (tertiary/aromatic N) is 1. The number of amides is 1. The Morgan fingerprint density at radius 1 is 1.24 bits per heavy atom. The van der Waals surface area contributed by atoms with Crippen molar-refractivity contribution in [2.75, 3.05) is 7.05 Å². The number of carbonyl (C=O) groups is 2. The van der Waals surface area contributed by atoms with Crippen molar-refractivity contribution in [2.45, 2.75) is 6.61 Å². The van der Waals surface area contributed by atoms with Crippen LogP contribution in [0.2, 0.25) is 5.15 Å².